The number of H-pyrrole nitrogens is 1. The monoisotopic (exact) mass is 527 g/mol. The van der Waals surface area contributed by atoms with Gasteiger partial charge in [0.05, 0.1) is 16.9 Å². The van der Waals surface area contributed by atoms with Gasteiger partial charge in [0.25, 0.3) is 0 Å². The fourth-order valence-electron chi connectivity index (χ4n) is 7.36. The van der Waals surface area contributed by atoms with Gasteiger partial charge in [-0.3, -0.25) is 19.3 Å². The summed E-state index contributed by atoms with van der Waals surface area (Å²) in [7, 11) is 3.98. The van der Waals surface area contributed by atoms with E-state index in [-0.39, 0.29) is 51.5 Å². The summed E-state index contributed by atoms with van der Waals surface area (Å²) in [6.07, 6.45) is 0.786. The number of rotatable bonds is 5. The molecular formula is C26H29N3O5S2. The molecule has 2 N–H and O–H groups in total. The maximum absolute atomic E-state index is 13.7. The summed E-state index contributed by atoms with van der Waals surface area (Å²) >= 11 is 2.88. The first kappa shape index (κ1) is 23.8. The van der Waals surface area contributed by atoms with Crippen molar-refractivity contribution in [2.24, 2.45) is 35.5 Å². The Kier molecular flexibility index (Phi) is 5.42. The number of carboxylic acid groups (broad SMARTS) is 1. The van der Waals surface area contributed by atoms with Crippen molar-refractivity contribution >= 4 is 46.6 Å². The molecule has 2 bridgehead atoms. The number of aromatic amines is 1. The quantitative estimate of drug-likeness (QED) is 0.575. The average molecular weight is 528 g/mol. The lowest BCUT2D eigenvalue weighted by atomic mass is 9.68. The molecule has 6 rings (SSSR count). The smallest absolute Gasteiger partial charge is 0.327 e. The van der Waals surface area contributed by atoms with E-state index in [0.717, 1.165) is 32.5 Å². The number of carbonyl (C=O) groups is 3. The number of imide groups is 1. The Bertz CT molecular complexity index is 1320. The largest absolute Gasteiger partial charge is 0.480 e. The Morgan fingerprint density at radius 1 is 1.08 bits per heavy atom. The van der Waals surface area contributed by atoms with Gasteiger partial charge in [0.15, 0.2) is 0 Å². The van der Waals surface area contributed by atoms with E-state index in [1.165, 1.54) is 11.3 Å². The van der Waals surface area contributed by atoms with Crippen molar-refractivity contribution in [1.82, 2.24) is 9.88 Å². The molecule has 2 amide bonds. The van der Waals surface area contributed by atoms with Gasteiger partial charge in [-0.05, 0) is 47.8 Å². The van der Waals surface area contributed by atoms with Crippen molar-refractivity contribution in [3.63, 3.8) is 0 Å². The molecule has 2 saturated carbocycles. The van der Waals surface area contributed by atoms with Crippen LogP contribution in [0.25, 0.3) is 0 Å². The van der Waals surface area contributed by atoms with Gasteiger partial charge in [0.1, 0.15) is 6.04 Å². The van der Waals surface area contributed by atoms with Crippen LogP contribution in [0.5, 0.6) is 0 Å². The lowest BCUT2D eigenvalue weighted by molar-refractivity contribution is -0.157. The lowest BCUT2D eigenvalue weighted by Gasteiger charge is -2.43. The van der Waals surface area contributed by atoms with E-state index in [4.69, 9.17) is 0 Å². The molecule has 8 atom stereocenters. The van der Waals surface area contributed by atoms with Gasteiger partial charge in [-0.2, -0.15) is 0 Å². The van der Waals surface area contributed by atoms with Gasteiger partial charge < -0.3 is 15.0 Å². The van der Waals surface area contributed by atoms with E-state index in [9.17, 15) is 24.3 Å². The topological polar surface area (TPSA) is 111 Å². The number of aliphatic carboxylic acids is 1. The molecule has 2 aliphatic carbocycles. The van der Waals surface area contributed by atoms with E-state index in [1.807, 2.05) is 19.0 Å². The van der Waals surface area contributed by atoms with Gasteiger partial charge in [-0.15, -0.1) is 11.8 Å². The van der Waals surface area contributed by atoms with Crippen LogP contribution < -0.4 is 9.77 Å². The number of aromatic nitrogens is 1. The van der Waals surface area contributed by atoms with E-state index in [1.54, 1.807) is 25.6 Å². The second kappa shape index (κ2) is 8.21. The fraction of sp³-hybridized carbons (Fsp3) is 0.538. The molecule has 190 valence electrons. The SMILES string of the molecule is CC(C)[C@H](C(=O)O)N1C(=O)[C@H]2[C@@H]3C[C@@H]([C@@H]2C1=O)[C@H]1[C@H](c2ccc(N(C)C)cc2)c2sc(=O)[nH]c2S[C@H]31. The number of benzene rings is 1. The van der Waals surface area contributed by atoms with Crippen LogP contribution in [-0.4, -0.2) is 58.2 Å². The highest BCUT2D eigenvalue weighted by Gasteiger charge is 2.70. The van der Waals surface area contributed by atoms with E-state index in [0.29, 0.717) is 0 Å². The summed E-state index contributed by atoms with van der Waals surface area (Å²) in [4.78, 5) is 58.8. The zero-order valence-corrected chi connectivity index (χ0v) is 22.1. The van der Waals surface area contributed by atoms with Gasteiger partial charge in [-0.1, -0.05) is 37.3 Å². The Hall–Kier alpha value is -2.59. The van der Waals surface area contributed by atoms with Crippen molar-refractivity contribution in [3.05, 3.63) is 44.4 Å². The van der Waals surface area contributed by atoms with Crippen molar-refractivity contribution in [2.45, 2.75) is 42.5 Å². The Labute approximate surface area is 217 Å². The number of anilines is 1. The van der Waals surface area contributed by atoms with Crippen molar-refractivity contribution < 1.29 is 19.5 Å². The molecule has 10 heteroatoms. The van der Waals surface area contributed by atoms with Crippen LogP contribution in [0.2, 0.25) is 0 Å². The van der Waals surface area contributed by atoms with Crippen molar-refractivity contribution in [3.8, 4) is 0 Å². The zero-order chi connectivity index (χ0) is 25.6. The molecule has 1 aromatic carbocycles. The number of carbonyl (C=O) groups excluding carboxylic acids is 2. The van der Waals surface area contributed by atoms with Gasteiger partial charge >= 0.3 is 10.8 Å². The summed E-state index contributed by atoms with van der Waals surface area (Å²) < 4.78 is 0. The molecule has 2 aliphatic heterocycles. The minimum Gasteiger partial charge on any atom is -0.480 e. The third-order valence-corrected chi connectivity index (χ3v) is 11.3. The number of nitrogens with one attached hydrogen (secondary N) is 1. The minimum absolute atomic E-state index is 0.0156. The average Bonchev–Trinajstić information content (AvgIpc) is 3.54. The maximum atomic E-state index is 13.7. The number of carboxylic acids is 1. The van der Waals surface area contributed by atoms with Gasteiger partial charge in [0, 0.05) is 35.8 Å². The van der Waals surface area contributed by atoms with Crippen LogP contribution in [0, 0.1) is 35.5 Å². The van der Waals surface area contributed by atoms with E-state index in [2.05, 4.69) is 29.2 Å². The van der Waals surface area contributed by atoms with Crippen LogP contribution in [0.4, 0.5) is 5.69 Å². The number of amides is 2. The number of thioether (sulfide) groups is 1. The van der Waals surface area contributed by atoms with E-state index < -0.39 is 23.8 Å². The van der Waals surface area contributed by atoms with Crippen LogP contribution >= 0.6 is 23.1 Å². The molecule has 1 aromatic heterocycles. The summed E-state index contributed by atoms with van der Waals surface area (Å²) in [6.45, 7) is 3.47. The van der Waals surface area contributed by atoms with E-state index >= 15 is 0 Å². The normalized spacial score (nSPS) is 33.0. The second-order valence-corrected chi connectivity index (χ2v) is 13.2. The summed E-state index contributed by atoms with van der Waals surface area (Å²) in [5.74, 6) is -3.09. The predicted molar refractivity (Wildman–Crippen MR) is 137 cm³/mol. The highest BCUT2D eigenvalue weighted by atomic mass is 32.2. The molecule has 0 unspecified atom stereocenters. The third-order valence-electron chi connectivity index (χ3n) is 8.69. The van der Waals surface area contributed by atoms with Gasteiger partial charge in [-0.25, -0.2) is 4.79 Å². The lowest BCUT2D eigenvalue weighted by Crippen LogP contribution is -2.49. The van der Waals surface area contributed by atoms with Crippen LogP contribution in [0.1, 0.15) is 36.6 Å². The first-order valence-electron chi connectivity index (χ1n) is 12.4. The minimum atomic E-state index is -1.14. The number of likely N-dealkylation sites (tertiary alicyclic amines) is 1. The molecular weight excluding hydrogens is 498 g/mol. The number of fused-ring (bicyclic) bond motifs is 9. The van der Waals surface area contributed by atoms with Crippen molar-refractivity contribution in [2.75, 3.05) is 19.0 Å². The standard InChI is InChI=1S/C26H29N3O5S2/c1-10(2)19(25(32)33)29-23(30)17-13-9-14(18(17)24(29)31)20-16(13)15(21-22(35-20)27-26(34)36-21)11-5-7-12(8-6-11)28(3)4/h5-8,10,13-20H,9H2,1-4H3,(H,27,34)(H,32,33)/t13-,14+,15+,16+,17+,18+,19-,20-/m1/s1. The Morgan fingerprint density at radius 3 is 2.31 bits per heavy atom. The number of hydrogen-bond donors (Lipinski definition) is 2. The van der Waals surface area contributed by atoms with Crippen LogP contribution in [-0.2, 0) is 14.4 Å². The number of thiazole rings is 1. The molecule has 1 saturated heterocycles. The predicted octanol–water partition coefficient (Wildman–Crippen LogP) is 3.08. The summed E-state index contributed by atoms with van der Waals surface area (Å²) in [6, 6.07) is 7.22. The van der Waals surface area contributed by atoms with Crippen molar-refractivity contribution in [1.29, 1.82) is 0 Å². The summed E-state index contributed by atoms with van der Waals surface area (Å²) in [5.41, 5.74) is 2.19. The van der Waals surface area contributed by atoms with Crippen LogP contribution in [0.15, 0.2) is 34.1 Å². The Morgan fingerprint density at radius 2 is 1.72 bits per heavy atom. The molecule has 4 aliphatic rings. The molecule has 2 aromatic rings. The Balaban J connectivity index is 1.42. The third kappa shape index (κ3) is 3.19. The first-order valence-corrected chi connectivity index (χ1v) is 14.1. The summed E-state index contributed by atoms with van der Waals surface area (Å²) in [5, 5.41) is 10.8. The highest BCUT2D eigenvalue weighted by Crippen LogP contribution is 2.68. The molecule has 3 heterocycles. The fourth-order valence-corrected chi connectivity index (χ4v) is 10.2. The second-order valence-electron chi connectivity index (χ2n) is 11.0. The maximum Gasteiger partial charge on any atom is 0.327 e. The number of hydrogen-bond acceptors (Lipinski definition) is 7. The molecule has 0 spiro atoms. The molecule has 8 nitrogen and oxygen atoms in total. The molecule has 0 radical (unpaired) electrons. The van der Waals surface area contributed by atoms with Crippen LogP contribution in [0.3, 0.4) is 0 Å². The first-order chi connectivity index (χ1) is 17.1. The number of nitrogens with zero attached hydrogens (tertiary/aromatic N) is 2. The zero-order valence-electron chi connectivity index (χ0n) is 20.5. The molecule has 36 heavy (non-hydrogen) atoms. The highest BCUT2D eigenvalue weighted by molar-refractivity contribution is 8.00. The van der Waals surface area contributed by atoms with Gasteiger partial charge in [0.2, 0.25) is 11.8 Å². The molecule has 3 fully saturated rings.